The van der Waals surface area contributed by atoms with Crippen LogP contribution < -0.4 is 0 Å². The highest BCUT2D eigenvalue weighted by molar-refractivity contribution is 5.25. The Morgan fingerprint density at radius 2 is 2.00 bits per heavy atom. The molecule has 0 radical (unpaired) electrons. The van der Waals surface area contributed by atoms with Gasteiger partial charge in [-0.3, -0.25) is 0 Å². The highest BCUT2D eigenvalue weighted by Crippen LogP contribution is 2.37. The van der Waals surface area contributed by atoms with E-state index < -0.39 is 6.10 Å². The number of aliphatic hydroxyl groups is 1. The van der Waals surface area contributed by atoms with Crippen molar-refractivity contribution in [3.8, 4) is 0 Å². The van der Waals surface area contributed by atoms with Crippen LogP contribution in [-0.2, 0) is 0 Å². The second-order valence-electron chi connectivity index (χ2n) is 4.27. The van der Waals surface area contributed by atoms with E-state index in [2.05, 4.69) is 9.55 Å². The van der Waals surface area contributed by atoms with Crippen LogP contribution >= 0.6 is 0 Å². The molecule has 1 aromatic heterocycles. The lowest BCUT2D eigenvalue weighted by Crippen LogP contribution is -2.06. The Hall–Kier alpha value is -1.61. The van der Waals surface area contributed by atoms with Crippen molar-refractivity contribution in [2.75, 3.05) is 0 Å². The molecule has 1 aromatic carbocycles. The number of nitrogens with zero attached hydrogens (tertiary/aromatic N) is 2. The van der Waals surface area contributed by atoms with Gasteiger partial charge in [0.25, 0.3) is 0 Å². The molecule has 1 N–H and O–H groups in total. The molecule has 1 unspecified atom stereocenters. The predicted octanol–water partition coefficient (Wildman–Crippen LogP) is 2.30. The monoisotopic (exact) mass is 214 g/mol. The van der Waals surface area contributed by atoms with Gasteiger partial charge >= 0.3 is 0 Å². The van der Waals surface area contributed by atoms with Gasteiger partial charge < -0.3 is 9.67 Å². The van der Waals surface area contributed by atoms with E-state index in [1.54, 1.807) is 6.20 Å². The van der Waals surface area contributed by atoms with E-state index in [0.717, 1.165) is 11.3 Å². The Morgan fingerprint density at radius 1 is 1.25 bits per heavy atom. The lowest BCUT2D eigenvalue weighted by atomic mass is 10.1. The average Bonchev–Trinajstić information content (AvgIpc) is 3.07. The Morgan fingerprint density at radius 3 is 2.69 bits per heavy atom. The van der Waals surface area contributed by atoms with E-state index in [1.165, 1.54) is 12.8 Å². The minimum Gasteiger partial charge on any atom is -0.382 e. The van der Waals surface area contributed by atoms with Crippen LogP contribution in [0.5, 0.6) is 0 Å². The van der Waals surface area contributed by atoms with Crippen molar-refractivity contribution in [2.24, 2.45) is 0 Å². The number of benzene rings is 1. The standard InChI is InChI=1S/C13H14N2O/c16-13(10-4-2-1-3-5-10)12-8-14-9-15(12)11-6-7-11/h1-5,8-9,11,13,16H,6-7H2. The first-order valence-electron chi connectivity index (χ1n) is 5.61. The second kappa shape index (κ2) is 3.76. The van der Waals surface area contributed by atoms with Crippen molar-refractivity contribution < 1.29 is 5.11 Å². The van der Waals surface area contributed by atoms with Crippen molar-refractivity contribution in [1.82, 2.24) is 9.55 Å². The third-order valence-electron chi connectivity index (χ3n) is 3.03. The third kappa shape index (κ3) is 1.63. The smallest absolute Gasteiger partial charge is 0.121 e. The van der Waals surface area contributed by atoms with Crippen LogP contribution in [0.1, 0.15) is 36.2 Å². The largest absolute Gasteiger partial charge is 0.382 e. The third-order valence-corrected chi connectivity index (χ3v) is 3.03. The van der Waals surface area contributed by atoms with Gasteiger partial charge in [0.1, 0.15) is 6.10 Å². The Balaban J connectivity index is 1.94. The molecule has 0 spiro atoms. The van der Waals surface area contributed by atoms with Crippen molar-refractivity contribution in [3.63, 3.8) is 0 Å². The van der Waals surface area contributed by atoms with Gasteiger partial charge in [0.15, 0.2) is 0 Å². The van der Waals surface area contributed by atoms with Crippen LogP contribution in [0.3, 0.4) is 0 Å². The fourth-order valence-corrected chi connectivity index (χ4v) is 1.99. The van der Waals surface area contributed by atoms with Crippen molar-refractivity contribution in [3.05, 3.63) is 54.1 Å². The van der Waals surface area contributed by atoms with E-state index in [-0.39, 0.29) is 0 Å². The highest BCUT2D eigenvalue weighted by Gasteiger charge is 2.27. The summed E-state index contributed by atoms with van der Waals surface area (Å²) >= 11 is 0. The summed E-state index contributed by atoms with van der Waals surface area (Å²) in [5.41, 5.74) is 1.82. The summed E-state index contributed by atoms with van der Waals surface area (Å²) in [6.07, 6.45) is 5.41. The molecule has 16 heavy (non-hydrogen) atoms. The zero-order valence-corrected chi connectivity index (χ0v) is 8.95. The molecule has 1 saturated carbocycles. The zero-order valence-electron chi connectivity index (χ0n) is 8.95. The first-order valence-corrected chi connectivity index (χ1v) is 5.61. The SMILES string of the molecule is OC(c1ccccc1)c1cncn1C1CC1. The molecule has 3 heteroatoms. The van der Waals surface area contributed by atoms with Gasteiger partial charge in [0.05, 0.1) is 18.2 Å². The number of hydrogen-bond donors (Lipinski definition) is 1. The minimum atomic E-state index is -0.565. The van der Waals surface area contributed by atoms with Gasteiger partial charge in [-0.2, -0.15) is 0 Å². The topological polar surface area (TPSA) is 38.1 Å². The molecule has 2 aromatic rings. The van der Waals surface area contributed by atoms with Crippen LogP contribution in [0.2, 0.25) is 0 Å². The number of hydrogen-bond acceptors (Lipinski definition) is 2. The maximum absolute atomic E-state index is 10.3. The first kappa shape index (κ1) is 9.60. The molecule has 0 aliphatic heterocycles. The van der Waals surface area contributed by atoms with Crippen LogP contribution in [-0.4, -0.2) is 14.7 Å². The van der Waals surface area contributed by atoms with Gasteiger partial charge in [-0.1, -0.05) is 30.3 Å². The molecule has 1 heterocycles. The summed E-state index contributed by atoms with van der Waals surface area (Å²) in [7, 11) is 0. The summed E-state index contributed by atoms with van der Waals surface area (Å²) in [6.45, 7) is 0. The molecular weight excluding hydrogens is 200 g/mol. The Labute approximate surface area is 94.4 Å². The van der Waals surface area contributed by atoms with E-state index in [0.29, 0.717) is 6.04 Å². The maximum atomic E-state index is 10.3. The number of aliphatic hydroxyl groups excluding tert-OH is 1. The lowest BCUT2D eigenvalue weighted by molar-refractivity contribution is 0.210. The van der Waals surface area contributed by atoms with Gasteiger partial charge in [0, 0.05) is 6.04 Å². The number of imidazole rings is 1. The molecule has 1 aliphatic carbocycles. The molecule has 82 valence electrons. The van der Waals surface area contributed by atoms with Crippen molar-refractivity contribution in [1.29, 1.82) is 0 Å². The van der Waals surface area contributed by atoms with Gasteiger partial charge in [-0.15, -0.1) is 0 Å². The Kier molecular flexibility index (Phi) is 2.26. The summed E-state index contributed by atoms with van der Waals surface area (Å²) in [6, 6.07) is 10.3. The molecule has 0 amide bonds. The van der Waals surface area contributed by atoms with Gasteiger partial charge in [0.2, 0.25) is 0 Å². The van der Waals surface area contributed by atoms with Crippen LogP contribution in [0.15, 0.2) is 42.9 Å². The zero-order chi connectivity index (χ0) is 11.0. The average molecular weight is 214 g/mol. The minimum absolute atomic E-state index is 0.552. The van der Waals surface area contributed by atoms with Crippen molar-refractivity contribution in [2.45, 2.75) is 25.0 Å². The van der Waals surface area contributed by atoms with Gasteiger partial charge in [-0.25, -0.2) is 4.98 Å². The van der Waals surface area contributed by atoms with E-state index in [4.69, 9.17) is 0 Å². The van der Waals surface area contributed by atoms with Crippen LogP contribution in [0, 0.1) is 0 Å². The summed E-state index contributed by atoms with van der Waals surface area (Å²) in [4.78, 5) is 4.13. The molecule has 3 rings (SSSR count). The van der Waals surface area contributed by atoms with Crippen molar-refractivity contribution >= 4 is 0 Å². The highest BCUT2D eigenvalue weighted by atomic mass is 16.3. The first-order chi connectivity index (χ1) is 7.86. The summed E-state index contributed by atoms with van der Waals surface area (Å²) < 4.78 is 2.09. The van der Waals surface area contributed by atoms with E-state index in [1.807, 2.05) is 36.7 Å². The number of rotatable bonds is 3. The molecule has 3 nitrogen and oxygen atoms in total. The molecule has 1 fully saturated rings. The van der Waals surface area contributed by atoms with E-state index >= 15 is 0 Å². The molecule has 0 bridgehead atoms. The summed E-state index contributed by atoms with van der Waals surface area (Å²) in [5, 5.41) is 10.3. The maximum Gasteiger partial charge on any atom is 0.121 e. The Bertz CT molecular complexity index is 474. The van der Waals surface area contributed by atoms with Crippen LogP contribution in [0.25, 0.3) is 0 Å². The second-order valence-corrected chi connectivity index (χ2v) is 4.27. The summed E-state index contributed by atoms with van der Waals surface area (Å²) in [5.74, 6) is 0. The lowest BCUT2D eigenvalue weighted by Gasteiger charge is -2.13. The molecule has 0 saturated heterocycles. The molecular formula is C13H14N2O. The molecule has 1 atom stereocenters. The van der Waals surface area contributed by atoms with Gasteiger partial charge in [-0.05, 0) is 18.4 Å². The molecule has 1 aliphatic rings. The quantitative estimate of drug-likeness (QED) is 0.851. The normalized spacial score (nSPS) is 17.3. The van der Waals surface area contributed by atoms with Crippen LogP contribution in [0.4, 0.5) is 0 Å². The van der Waals surface area contributed by atoms with E-state index in [9.17, 15) is 5.11 Å². The number of aromatic nitrogens is 2. The fraction of sp³-hybridized carbons (Fsp3) is 0.308. The fourth-order valence-electron chi connectivity index (χ4n) is 1.99. The predicted molar refractivity (Wildman–Crippen MR) is 61.0 cm³/mol.